The number of hydrogen-bond donors (Lipinski definition) is 1. The highest BCUT2D eigenvalue weighted by Gasteiger charge is 2.38. The fourth-order valence-corrected chi connectivity index (χ4v) is 2.45. The lowest BCUT2D eigenvalue weighted by Crippen LogP contribution is -2.17. The zero-order valence-electron chi connectivity index (χ0n) is 6.15. The third kappa shape index (κ3) is 0.858. The lowest BCUT2D eigenvalue weighted by atomic mass is 9.94. The Morgan fingerprint density at radius 2 is 2.20 bits per heavy atom. The molecule has 0 amide bonds. The first-order chi connectivity index (χ1) is 4.92. The van der Waals surface area contributed by atoms with Crippen molar-refractivity contribution in [3.8, 4) is 0 Å². The molecule has 10 heavy (non-hydrogen) atoms. The first kappa shape index (κ1) is 6.59. The van der Waals surface area contributed by atoms with Crippen LogP contribution in [-0.4, -0.2) is 19.8 Å². The topological polar surface area (TPSA) is 12.0 Å². The van der Waals surface area contributed by atoms with Gasteiger partial charge in [0.15, 0.2) is 0 Å². The average molecular weight is 143 g/mol. The van der Waals surface area contributed by atoms with Gasteiger partial charge in [-0.1, -0.05) is 0 Å². The van der Waals surface area contributed by atoms with Gasteiger partial charge in [-0.05, 0) is 43.7 Å². The second-order valence-corrected chi connectivity index (χ2v) is 3.57. The second kappa shape index (κ2) is 2.50. The van der Waals surface area contributed by atoms with Gasteiger partial charge >= 0.3 is 0 Å². The van der Waals surface area contributed by atoms with Crippen LogP contribution in [0.1, 0.15) is 12.8 Å². The molecule has 1 aliphatic carbocycles. The molecule has 2 rings (SSSR count). The molecule has 3 unspecified atom stereocenters. The van der Waals surface area contributed by atoms with E-state index in [1.807, 2.05) is 0 Å². The molecule has 0 aromatic rings. The molecule has 0 radical (unpaired) electrons. The molecule has 58 valence electrons. The van der Waals surface area contributed by atoms with Gasteiger partial charge < -0.3 is 5.32 Å². The smallest absolute Gasteiger partial charge is 0.0925 e. The summed E-state index contributed by atoms with van der Waals surface area (Å²) in [6.07, 6.45) is 2.39. The van der Waals surface area contributed by atoms with Crippen LogP contribution in [0.2, 0.25) is 0 Å². The van der Waals surface area contributed by atoms with E-state index in [-0.39, 0.29) is 6.67 Å². The molecule has 2 aliphatic rings. The van der Waals surface area contributed by atoms with Crippen molar-refractivity contribution >= 4 is 0 Å². The Balaban J connectivity index is 2.01. The second-order valence-electron chi connectivity index (χ2n) is 3.57. The standard InChI is InChI=1S/C8H14FN/c9-3-6-1-2-7-4-10-5-8(6)7/h6-8,10H,1-5H2. The normalized spacial score (nSPS) is 45.9. The monoisotopic (exact) mass is 143 g/mol. The quantitative estimate of drug-likeness (QED) is 0.581. The highest BCUT2D eigenvalue weighted by molar-refractivity contribution is 4.91. The van der Waals surface area contributed by atoms with Crippen LogP contribution in [0.4, 0.5) is 4.39 Å². The zero-order valence-corrected chi connectivity index (χ0v) is 6.15. The molecule has 1 saturated carbocycles. The molecule has 1 aliphatic heterocycles. The van der Waals surface area contributed by atoms with Crippen molar-refractivity contribution in [2.45, 2.75) is 12.8 Å². The molecule has 2 fully saturated rings. The molecule has 0 bridgehead atoms. The number of rotatable bonds is 1. The minimum Gasteiger partial charge on any atom is -0.316 e. The van der Waals surface area contributed by atoms with Gasteiger partial charge in [-0.15, -0.1) is 0 Å². The van der Waals surface area contributed by atoms with Crippen molar-refractivity contribution in [2.24, 2.45) is 17.8 Å². The molecule has 2 heteroatoms. The third-order valence-electron chi connectivity index (χ3n) is 3.10. The largest absolute Gasteiger partial charge is 0.316 e. The maximum absolute atomic E-state index is 12.3. The van der Waals surface area contributed by atoms with Crippen molar-refractivity contribution < 1.29 is 4.39 Å². The van der Waals surface area contributed by atoms with Gasteiger partial charge in [0.05, 0.1) is 6.67 Å². The van der Waals surface area contributed by atoms with E-state index in [0.717, 1.165) is 25.4 Å². The summed E-state index contributed by atoms with van der Waals surface area (Å²) < 4.78 is 12.3. The number of halogens is 1. The molecule has 0 aromatic carbocycles. The predicted molar refractivity (Wildman–Crippen MR) is 38.5 cm³/mol. The highest BCUT2D eigenvalue weighted by Crippen LogP contribution is 2.39. The average Bonchev–Trinajstić information content (AvgIpc) is 2.44. The minimum atomic E-state index is -0.0944. The van der Waals surface area contributed by atoms with Gasteiger partial charge in [0.2, 0.25) is 0 Å². The summed E-state index contributed by atoms with van der Waals surface area (Å²) in [5.74, 6) is 1.87. The Kier molecular flexibility index (Phi) is 1.65. The summed E-state index contributed by atoms with van der Waals surface area (Å²) >= 11 is 0. The molecule has 0 spiro atoms. The van der Waals surface area contributed by atoms with Crippen molar-refractivity contribution in [1.29, 1.82) is 0 Å². The van der Waals surface area contributed by atoms with Gasteiger partial charge in [0, 0.05) is 0 Å². The lowest BCUT2D eigenvalue weighted by molar-refractivity contribution is 0.291. The highest BCUT2D eigenvalue weighted by atomic mass is 19.1. The SMILES string of the molecule is FCC1CCC2CNCC12. The summed E-state index contributed by atoms with van der Waals surface area (Å²) in [6, 6.07) is 0. The van der Waals surface area contributed by atoms with Crippen LogP contribution in [0.5, 0.6) is 0 Å². The molecule has 1 nitrogen and oxygen atoms in total. The van der Waals surface area contributed by atoms with Gasteiger partial charge in [-0.2, -0.15) is 0 Å². The summed E-state index contributed by atoms with van der Waals surface area (Å²) in [5, 5.41) is 3.32. The Morgan fingerprint density at radius 1 is 1.30 bits per heavy atom. The van der Waals surface area contributed by atoms with E-state index >= 15 is 0 Å². The molecule has 0 aromatic heterocycles. The van der Waals surface area contributed by atoms with Gasteiger partial charge in [-0.25, -0.2) is 0 Å². The summed E-state index contributed by atoms with van der Waals surface area (Å²) in [5.41, 5.74) is 0. The molecule has 1 saturated heterocycles. The van der Waals surface area contributed by atoms with Crippen LogP contribution in [-0.2, 0) is 0 Å². The maximum Gasteiger partial charge on any atom is 0.0925 e. The summed E-state index contributed by atoms with van der Waals surface area (Å²) in [6.45, 7) is 2.11. The Labute approximate surface area is 61.0 Å². The van der Waals surface area contributed by atoms with E-state index in [1.165, 1.54) is 6.42 Å². The Morgan fingerprint density at radius 3 is 3.00 bits per heavy atom. The number of nitrogens with one attached hydrogen (secondary N) is 1. The number of alkyl halides is 1. The van der Waals surface area contributed by atoms with Crippen molar-refractivity contribution in [2.75, 3.05) is 19.8 Å². The van der Waals surface area contributed by atoms with Gasteiger partial charge in [0.25, 0.3) is 0 Å². The maximum atomic E-state index is 12.3. The molecule has 1 N–H and O–H groups in total. The Hall–Kier alpha value is -0.110. The van der Waals surface area contributed by atoms with Crippen LogP contribution in [0.25, 0.3) is 0 Å². The van der Waals surface area contributed by atoms with Crippen LogP contribution >= 0.6 is 0 Å². The van der Waals surface area contributed by atoms with Gasteiger partial charge in [-0.3, -0.25) is 4.39 Å². The fraction of sp³-hybridized carbons (Fsp3) is 1.00. The molecular formula is C8H14FN. The molecular weight excluding hydrogens is 129 g/mol. The van der Waals surface area contributed by atoms with Crippen LogP contribution in [0, 0.1) is 17.8 Å². The van der Waals surface area contributed by atoms with E-state index in [2.05, 4.69) is 5.32 Å². The van der Waals surface area contributed by atoms with Crippen LogP contribution in [0.3, 0.4) is 0 Å². The summed E-state index contributed by atoms with van der Waals surface area (Å²) in [4.78, 5) is 0. The van der Waals surface area contributed by atoms with Crippen LogP contribution < -0.4 is 5.32 Å². The minimum absolute atomic E-state index is 0.0944. The number of fused-ring (bicyclic) bond motifs is 1. The van der Waals surface area contributed by atoms with E-state index < -0.39 is 0 Å². The van der Waals surface area contributed by atoms with Gasteiger partial charge in [0.1, 0.15) is 0 Å². The van der Waals surface area contributed by atoms with Crippen molar-refractivity contribution in [1.82, 2.24) is 5.32 Å². The van der Waals surface area contributed by atoms with E-state index in [0.29, 0.717) is 11.8 Å². The lowest BCUT2D eigenvalue weighted by Gasteiger charge is -2.12. The van der Waals surface area contributed by atoms with Crippen LogP contribution in [0.15, 0.2) is 0 Å². The van der Waals surface area contributed by atoms with E-state index in [9.17, 15) is 4.39 Å². The molecule has 1 heterocycles. The fourth-order valence-electron chi connectivity index (χ4n) is 2.45. The zero-order chi connectivity index (χ0) is 6.97. The third-order valence-corrected chi connectivity index (χ3v) is 3.10. The van der Waals surface area contributed by atoms with E-state index in [1.54, 1.807) is 0 Å². The predicted octanol–water partition coefficient (Wildman–Crippen LogP) is 1.20. The first-order valence-corrected chi connectivity index (χ1v) is 4.18. The van der Waals surface area contributed by atoms with Crippen molar-refractivity contribution in [3.63, 3.8) is 0 Å². The number of hydrogen-bond acceptors (Lipinski definition) is 1. The Bertz CT molecular complexity index is 126. The van der Waals surface area contributed by atoms with E-state index in [4.69, 9.17) is 0 Å². The summed E-state index contributed by atoms with van der Waals surface area (Å²) in [7, 11) is 0. The molecule has 3 atom stereocenters. The van der Waals surface area contributed by atoms with Crippen molar-refractivity contribution in [3.05, 3.63) is 0 Å². The first-order valence-electron chi connectivity index (χ1n) is 4.18.